The van der Waals surface area contributed by atoms with E-state index in [1.165, 1.54) is 5.69 Å². The maximum atomic E-state index is 11.3. The largest absolute Gasteiger partial charge is 0.371 e. The van der Waals surface area contributed by atoms with Crippen LogP contribution in [0.5, 0.6) is 0 Å². The first-order valence-corrected chi connectivity index (χ1v) is 7.15. The second-order valence-electron chi connectivity index (χ2n) is 5.50. The van der Waals surface area contributed by atoms with Gasteiger partial charge in [-0.3, -0.25) is 14.9 Å². The molecule has 1 amide bonds. The predicted octanol–water partition coefficient (Wildman–Crippen LogP) is 1.48. The highest BCUT2D eigenvalue weighted by Gasteiger charge is 2.25. The lowest BCUT2D eigenvalue weighted by atomic mass is 9.94. The lowest BCUT2D eigenvalue weighted by molar-refractivity contribution is -0.122. The molecule has 2 aromatic heterocycles. The van der Waals surface area contributed by atoms with Gasteiger partial charge < -0.3 is 10.6 Å². The molecule has 3 rings (SSSR count). The van der Waals surface area contributed by atoms with Crippen LogP contribution in [0, 0.1) is 12.8 Å². The Balaban J connectivity index is 1.91. The Labute approximate surface area is 123 Å². The molecule has 1 aliphatic heterocycles. The van der Waals surface area contributed by atoms with Gasteiger partial charge in [-0.1, -0.05) is 0 Å². The molecule has 1 aliphatic rings. The van der Waals surface area contributed by atoms with Crippen LogP contribution in [-0.4, -0.2) is 34.2 Å². The SMILES string of the molecule is Cc1cncc(-c2cn[nH]c2)c1N1CCC(C(N)=O)CC1. The van der Waals surface area contributed by atoms with Crippen LogP contribution in [0.1, 0.15) is 18.4 Å². The number of nitrogens with zero attached hydrogens (tertiary/aromatic N) is 3. The molecular formula is C15H19N5O. The number of aromatic amines is 1. The summed E-state index contributed by atoms with van der Waals surface area (Å²) in [5.74, 6) is -0.183. The highest BCUT2D eigenvalue weighted by molar-refractivity contribution is 5.80. The van der Waals surface area contributed by atoms with Crippen molar-refractivity contribution in [3.8, 4) is 11.1 Å². The number of hydrogen-bond donors (Lipinski definition) is 2. The van der Waals surface area contributed by atoms with Crippen molar-refractivity contribution >= 4 is 11.6 Å². The molecule has 3 N–H and O–H groups in total. The minimum absolute atomic E-state index is 0.000712. The van der Waals surface area contributed by atoms with Crippen molar-refractivity contribution < 1.29 is 4.79 Å². The molecule has 6 heteroatoms. The number of aromatic nitrogens is 3. The second-order valence-corrected chi connectivity index (χ2v) is 5.50. The van der Waals surface area contributed by atoms with Gasteiger partial charge in [0.25, 0.3) is 0 Å². The normalized spacial score (nSPS) is 16.1. The van der Waals surface area contributed by atoms with E-state index in [9.17, 15) is 4.79 Å². The molecule has 1 fully saturated rings. The Morgan fingerprint density at radius 3 is 2.71 bits per heavy atom. The number of H-pyrrole nitrogens is 1. The van der Waals surface area contributed by atoms with E-state index < -0.39 is 0 Å². The number of anilines is 1. The predicted molar refractivity (Wildman–Crippen MR) is 80.7 cm³/mol. The van der Waals surface area contributed by atoms with E-state index >= 15 is 0 Å². The van der Waals surface area contributed by atoms with E-state index in [0.717, 1.165) is 42.6 Å². The molecule has 0 aliphatic carbocycles. The van der Waals surface area contributed by atoms with Crippen molar-refractivity contribution in [3.05, 3.63) is 30.4 Å². The third kappa shape index (κ3) is 2.61. The Hall–Kier alpha value is -2.37. The Morgan fingerprint density at radius 2 is 2.10 bits per heavy atom. The first kappa shape index (κ1) is 13.6. The fourth-order valence-electron chi connectivity index (χ4n) is 2.98. The van der Waals surface area contributed by atoms with Gasteiger partial charge in [0.1, 0.15) is 0 Å². The lowest BCUT2D eigenvalue weighted by Gasteiger charge is -2.34. The van der Waals surface area contributed by atoms with Crippen molar-refractivity contribution in [2.75, 3.05) is 18.0 Å². The van der Waals surface area contributed by atoms with Gasteiger partial charge in [-0.2, -0.15) is 5.10 Å². The summed E-state index contributed by atoms with van der Waals surface area (Å²) in [5.41, 5.74) is 9.81. The van der Waals surface area contributed by atoms with Crippen LogP contribution in [0.2, 0.25) is 0 Å². The van der Waals surface area contributed by atoms with Gasteiger partial charge >= 0.3 is 0 Å². The number of amides is 1. The topological polar surface area (TPSA) is 87.9 Å². The Kier molecular flexibility index (Phi) is 3.60. The van der Waals surface area contributed by atoms with Crippen LogP contribution < -0.4 is 10.6 Å². The molecule has 0 spiro atoms. The van der Waals surface area contributed by atoms with Gasteiger partial charge in [0, 0.05) is 48.7 Å². The number of aryl methyl sites for hydroxylation is 1. The summed E-state index contributed by atoms with van der Waals surface area (Å²) < 4.78 is 0. The molecule has 0 radical (unpaired) electrons. The molecule has 0 atom stereocenters. The summed E-state index contributed by atoms with van der Waals surface area (Å²) in [5, 5.41) is 6.86. The molecule has 0 bridgehead atoms. The van der Waals surface area contributed by atoms with Crippen LogP contribution in [0.25, 0.3) is 11.1 Å². The summed E-state index contributed by atoms with van der Waals surface area (Å²) in [4.78, 5) is 17.9. The lowest BCUT2D eigenvalue weighted by Crippen LogP contribution is -2.39. The van der Waals surface area contributed by atoms with Crippen LogP contribution >= 0.6 is 0 Å². The maximum absolute atomic E-state index is 11.3. The smallest absolute Gasteiger partial charge is 0.220 e. The number of carbonyl (C=O) groups excluding carboxylic acids is 1. The molecule has 110 valence electrons. The summed E-state index contributed by atoms with van der Waals surface area (Å²) in [6, 6.07) is 0. The number of primary amides is 1. The molecule has 1 saturated heterocycles. The van der Waals surface area contributed by atoms with E-state index in [2.05, 4.69) is 27.0 Å². The number of hydrogen-bond acceptors (Lipinski definition) is 4. The highest BCUT2D eigenvalue weighted by Crippen LogP contribution is 2.34. The van der Waals surface area contributed by atoms with Crippen molar-refractivity contribution in [1.29, 1.82) is 0 Å². The van der Waals surface area contributed by atoms with Crippen LogP contribution in [0.15, 0.2) is 24.8 Å². The van der Waals surface area contributed by atoms with Crippen molar-refractivity contribution in [2.24, 2.45) is 11.7 Å². The Bertz CT molecular complexity index is 630. The van der Waals surface area contributed by atoms with E-state index in [1.807, 2.05) is 18.6 Å². The fourth-order valence-corrected chi connectivity index (χ4v) is 2.98. The van der Waals surface area contributed by atoms with E-state index in [0.29, 0.717) is 0 Å². The van der Waals surface area contributed by atoms with E-state index in [-0.39, 0.29) is 11.8 Å². The molecule has 0 saturated carbocycles. The van der Waals surface area contributed by atoms with Gasteiger partial charge in [0.2, 0.25) is 5.91 Å². The number of nitrogens with one attached hydrogen (secondary N) is 1. The summed E-state index contributed by atoms with van der Waals surface area (Å²) in [6.07, 6.45) is 9.03. The maximum Gasteiger partial charge on any atom is 0.220 e. The van der Waals surface area contributed by atoms with Crippen LogP contribution in [-0.2, 0) is 4.79 Å². The summed E-state index contributed by atoms with van der Waals surface area (Å²) in [6.45, 7) is 3.73. The number of nitrogens with two attached hydrogens (primary N) is 1. The van der Waals surface area contributed by atoms with Crippen LogP contribution in [0.4, 0.5) is 5.69 Å². The van der Waals surface area contributed by atoms with E-state index in [4.69, 9.17) is 5.73 Å². The third-order valence-corrected chi connectivity index (χ3v) is 4.12. The first-order valence-electron chi connectivity index (χ1n) is 7.15. The fraction of sp³-hybridized carbons (Fsp3) is 0.400. The molecule has 21 heavy (non-hydrogen) atoms. The standard InChI is InChI=1S/C15H19N5O/c1-10-6-17-9-13(12-7-18-19-8-12)14(10)20-4-2-11(3-5-20)15(16)21/h6-9,11H,2-5H2,1H3,(H2,16,21)(H,18,19). The molecule has 2 aromatic rings. The highest BCUT2D eigenvalue weighted by atomic mass is 16.1. The van der Waals surface area contributed by atoms with Crippen LogP contribution in [0.3, 0.4) is 0 Å². The molecule has 3 heterocycles. The van der Waals surface area contributed by atoms with Crippen molar-refractivity contribution in [2.45, 2.75) is 19.8 Å². The average molecular weight is 285 g/mol. The molecular weight excluding hydrogens is 266 g/mol. The van der Waals surface area contributed by atoms with E-state index in [1.54, 1.807) is 6.20 Å². The average Bonchev–Trinajstić information content (AvgIpc) is 3.01. The second kappa shape index (κ2) is 5.55. The van der Waals surface area contributed by atoms with Crippen molar-refractivity contribution in [1.82, 2.24) is 15.2 Å². The van der Waals surface area contributed by atoms with Gasteiger partial charge in [-0.15, -0.1) is 0 Å². The minimum Gasteiger partial charge on any atom is -0.371 e. The Morgan fingerprint density at radius 1 is 1.33 bits per heavy atom. The van der Waals surface area contributed by atoms with Gasteiger partial charge in [0.05, 0.1) is 11.9 Å². The number of rotatable bonds is 3. The first-order chi connectivity index (χ1) is 10.2. The van der Waals surface area contributed by atoms with Crippen molar-refractivity contribution in [3.63, 3.8) is 0 Å². The monoisotopic (exact) mass is 285 g/mol. The number of piperidine rings is 1. The molecule has 6 nitrogen and oxygen atoms in total. The minimum atomic E-state index is -0.184. The quantitative estimate of drug-likeness (QED) is 0.894. The number of carbonyl (C=O) groups is 1. The van der Waals surface area contributed by atoms with Gasteiger partial charge in [0.15, 0.2) is 0 Å². The summed E-state index contributed by atoms with van der Waals surface area (Å²) >= 11 is 0. The van der Waals surface area contributed by atoms with Gasteiger partial charge in [-0.05, 0) is 25.3 Å². The van der Waals surface area contributed by atoms with Gasteiger partial charge in [-0.25, -0.2) is 0 Å². The zero-order valence-corrected chi connectivity index (χ0v) is 12.0. The number of pyridine rings is 1. The third-order valence-electron chi connectivity index (χ3n) is 4.12. The zero-order chi connectivity index (χ0) is 14.8. The summed E-state index contributed by atoms with van der Waals surface area (Å²) in [7, 11) is 0. The zero-order valence-electron chi connectivity index (χ0n) is 12.0. The molecule has 0 unspecified atom stereocenters. The molecule has 0 aromatic carbocycles.